The lowest BCUT2D eigenvalue weighted by molar-refractivity contribution is 0.0350. The lowest BCUT2D eigenvalue weighted by Gasteiger charge is -2.45. The van der Waals surface area contributed by atoms with E-state index in [9.17, 15) is 0 Å². The van der Waals surface area contributed by atoms with E-state index in [1.54, 1.807) is 6.20 Å². The highest BCUT2D eigenvalue weighted by Crippen LogP contribution is 2.29. The Bertz CT molecular complexity index is 434. The van der Waals surface area contributed by atoms with E-state index >= 15 is 0 Å². The van der Waals surface area contributed by atoms with Gasteiger partial charge in [0, 0.05) is 25.7 Å². The van der Waals surface area contributed by atoms with Gasteiger partial charge in [-0.15, -0.1) is 0 Å². The smallest absolute Gasteiger partial charge is 0.158 e. The van der Waals surface area contributed by atoms with Gasteiger partial charge in [-0.25, -0.2) is 10.8 Å². The molecule has 110 valence electrons. The van der Waals surface area contributed by atoms with Gasteiger partial charge in [0.1, 0.15) is 0 Å². The van der Waals surface area contributed by atoms with E-state index in [4.69, 9.17) is 5.84 Å². The normalized spacial score (nSPS) is 28.1. The fraction of sp³-hybridized carbons (Fsp3) is 0.714. The standard InChI is InChI=1S/C14H24N6/c1-19-5-2-3-11-9-20(6-4-13(11)19)10-12-7-17-14(18-15)8-16-12/h7-8,11,13H,2-6,9-10,15H2,1H3,(H,17,18). The van der Waals surface area contributed by atoms with Crippen LogP contribution in [0.2, 0.25) is 0 Å². The van der Waals surface area contributed by atoms with E-state index in [2.05, 4.69) is 32.2 Å². The van der Waals surface area contributed by atoms with Crippen LogP contribution in [-0.2, 0) is 6.54 Å². The minimum Gasteiger partial charge on any atom is -0.307 e. The van der Waals surface area contributed by atoms with Crippen molar-refractivity contribution in [3.8, 4) is 0 Å². The van der Waals surface area contributed by atoms with Crippen LogP contribution in [0, 0.1) is 5.92 Å². The molecule has 2 unspecified atom stereocenters. The SMILES string of the molecule is CN1CCCC2CN(Cc3cnc(NN)cn3)CCC21. The Morgan fingerprint density at radius 3 is 2.95 bits per heavy atom. The summed E-state index contributed by atoms with van der Waals surface area (Å²) in [7, 11) is 2.27. The van der Waals surface area contributed by atoms with E-state index in [0.717, 1.165) is 30.7 Å². The van der Waals surface area contributed by atoms with Gasteiger partial charge < -0.3 is 10.3 Å². The number of rotatable bonds is 3. The Labute approximate surface area is 120 Å². The minimum atomic E-state index is 0.612. The molecule has 0 saturated carbocycles. The third kappa shape index (κ3) is 2.92. The fourth-order valence-corrected chi connectivity index (χ4v) is 3.61. The monoisotopic (exact) mass is 276 g/mol. The van der Waals surface area contributed by atoms with Gasteiger partial charge in [-0.2, -0.15) is 0 Å². The Morgan fingerprint density at radius 1 is 1.30 bits per heavy atom. The van der Waals surface area contributed by atoms with Crippen molar-refractivity contribution in [2.24, 2.45) is 11.8 Å². The summed E-state index contributed by atoms with van der Waals surface area (Å²) < 4.78 is 0. The molecule has 0 aromatic carbocycles. The summed E-state index contributed by atoms with van der Waals surface area (Å²) in [6.45, 7) is 4.50. The van der Waals surface area contributed by atoms with Crippen LogP contribution in [-0.4, -0.2) is 52.5 Å². The molecule has 2 saturated heterocycles. The largest absolute Gasteiger partial charge is 0.307 e. The number of nitrogen functional groups attached to an aromatic ring is 1. The van der Waals surface area contributed by atoms with Crippen LogP contribution in [0.3, 0.4) is 0 Å². The van der Waals surface area contributed by atoms with Crippen molar-refractivity contribution in [3.63, 3.8) is 0 Å². The van der Waals surface area contributed by atoms with Gasteiger partial charge in [-0.05, 0) is 38.8 Å². The van der Waals surface area contributed by atoms with Crippen LogP contribution < -0.4 is 11.3 Å². The first kappa shape index (κ1) is 13.7. The Hall–Kier alpha value is -1.24. The first-order valence-electron chi connectivity index (χ1n) is 7.46. The number of hydrazine groups is 1. The average Bonchev–Trinajstić information content (AvgIpc) is 2.48. The highest BCUT2D eigenvalue weighted by molar-refractivity contribution is 5.28. The topological polar surface area (TPSA) is 70.3 Å². The second-order valence-electron chi connectivity index (χ2n) is 6.01. The number of anilines is 1. The summed E-state index contributed by atoms with van der Waals surface area (Å²) >= 11 is 0. The van der Waals surface area contributed by atoms with E-state index < -0.39 is 0 Å². The molecule has 0 bridgehead atoms. The summed E-state index contributed by atoms with van der Waals surface area (Å²) in [5, 5.41) is 0. The number of hydrogen-bond acceptors (Lipinski definition) is 6. The predicted molar refractivity (Wildman–Crippen MR) is 78.9 cm³/mol. The van der Waals surface area contributed by atoms with Crippen LogP contribution in [0.15, 0.2) is 12.4 Å². The maximum absolute atomic E-state index is 5.30. The molecule has 0 radical (unpaired) electrons. The van der Waals surface area contributed by atoms with E-state index in [1.165, 1.54) is 32.4 Å². The van der Waals surface area contributed by atoms with E-state index in [-0.39, 0.29) is 0 Å². The van der Waals surface area contributed by atoms with Crippen LogP contribution >= 0.6 is 0 Å². The van der Waals surface area contributed by atoms with E-state index in [0.29, 0.717) is 5.82 Å². The van der Waals surface area contributed by atoms with Crippen LogP contribution in [0.1, 0.15) is 25.0 Å². The van der Waals surface area contributed by atoms with Crippen molar-refractivity contribution in [1.29, 1.82) is 0 Å². The summed E-state index contributed by atoms with van der Waals surface area (Å²) in [6.07, 6.45) is 7.48. The highest BCUT2D eigenvalue weighted by Gasteiger charge is 2.34. The molecule has 0 aliphatic carbocycles. The molecule has 6 nitrogen and oxygen atoms in total. The molecular weight excluding hydrogens is 252 g/mol. The van der Waals surface area contributed by atoms with Crippen molar-refractivity contribution < 1.29 is 0 Å². The van der Waals surface area contributed by atoms with Crippen molar-refractivity contribution in [1.82, 2.24) is 19.8 Å². The lowest BCUT2D eigenvalue weighted by Crippen LogP contribution is -2.52. The molecule has 20 heavy (non-hydrogen) atoms. The number of nitrogens with one attached hydrogen (secondary N) is 1. The Kier molecular flexibility index (Phi) is 4.14. The molecule has 3 heterocycles. The maximum atomic E-state index is 5.30. The second kappa shape index (κ2) is 6.03. The number of likely N-dealkylation sites (tertiary alicyclic amines) is 2. The third-order valence-electron chi connectivity index (χ3n) is 4.67. The van der Waals surface area contributed by atoms with Gasteiger partial charge in [0.05, 0.1) is 18.1 Å². The lowest BCUT2D eigenvalue weighted by atomic mass is 9.84. The molecule has 6 heteroatoms. The molecule has 2 fully saturated rings. The zero-order valence-corrected chi connectivity index (χ0v) is 12.1. The number of nitrogens with zero attached hydrogens (tertiary/aromatic N) is 4. The molecule has 0 amide bonds. The predicted octanol–water partition coefficient (Wildman–Crippen LogP) is 0.678. The van der Waals surface area contributed by atoms with Gasteiger partial charge >= 0.3 is 0 Å². The molecule has 1 aromatic rings. The number of fused-ring (bicyclic) bond motifs is 1. The van der Waals surface area contributed by atoms with E-state index in [1.807, 2.05) is 6.20 Å². The molecule has 3 rings (SSSR count). The molecule has 2 atom stereocenters. The third-order valence-corrected chi connectivity index (χ3v) is 4.67. The fourth-order valence-electron chi connectivity index (χ4n) is 3.61. The zero-order valence-electron chi connectivity index (χ0n) is 12.1. The number of nitrogens with two attached hydrogens (primary N) is 1. The maximum Gasteiger partial charge on any atom is 0.158 e. The second-order valence-corrected chi connectivity index (χ2v) is 6.01. The Morgan fingerprint density at radius 2 is 2.20 bits per heavy atom. The number of aromatic nitrogens is 2. The van der Waals surface area contributed by atoms with Gasteiger partial charge in [0.2, 0.25) is 0 Å². The average molecular weight is 276 g/mol. The molecule has 1 aromatic heterocycles. The van der Waals surface area contributed by atoms with Crippen LogP contribution in [0.4, 0.5) is 5.82 Å². The van der Waals surface area contributed by atoms with Crippen LogP contribution in [0.25, 0.3) is 0 Å². The first-order valence-corrected chi connectivity index (χ1v) is 7.46. The van der Waals surface area contributed by atoms with Gasteiger partial charge in [0.15, 0.2) is 5.82 Å². The summed E-state index contributed by atoms with van der Waals surface area (Å²) in [5.74, 6) is 6.74. The zero-order chi connectivity index (χ0) is 13.9. The molecule has 2 aliphatic rings. The van der Waals surface area contributed by atoms with Gasteiger partial charge in [0.25, 0.3) is 0 Å². The van der Waals surface area contributed by atoms with Crippen molar-refractivity contribution in [3.05, 3.63) is 18.1 Å². The van der Waals surface area contributed by atoms with Crippen molar-refractivity contribution in [2.45, 2.75) is 31.8 Å². The molecule has 3 N–H and O–H groups in total. The molecule has 0 spiro atoms. The molecular formula is C14H24N6. The highest BCUT2D eigenvalue weighted by atomic mass is 15.3. The summed E-state index contributed by atoms with van der Waals surface area (Å²) in [5.41, 5.74) is 3.53. The summed E-state index contributed by atoms with van der Waals surface area (Å²) in [4.78, 5) is 13.7. The van der Waals surface area contributed by atoms with Crippen LogP contribution in [0.5, 0.6) is 0 Å². The van der Waals surface area contributed by atoms with Gasteiger partial charge in [-0.3, -0.25) is 9.88 Å². The van der Waals surface area contributed by atoms with Gasteiger partial charge in [-0.1, -0.05) is 0 Å². The number of hydrogen-bond donors (Lipinski definition) is 2. The Balaban J connectivity index is 1.58. The number of piperidine rings is 2. The van der Waals surface area contributed by atoms with Crippen molar-refractivity contribution >= 4 is 5.82 Å². The van der Waals surface area contributed by atoms with Crippen molar-refractivity contribution in [2.75, 3.05) is 32.1 Å². The quantitative estimate of drug-likeness (QED) is 0.625. The molecule has 2 aliphatic heterocycles. The first-order chi connectivity index (χ1) is 9.76. The summed E-state index contributed by atoms with van der Waals surface area (Å²) in [6, 6.07) is 0.787. The minimum absolute atomic E-state index is 0.612.